The lowest BCUT2D eigenvalue weighted by Crippen LogP contribution is -2.28. The zero-order valence-electron chi connectivity index (χ0n) is 8.03. The summed E-state index contributed by atoms with van der Waals surface area (Å²) >= 11 is 0. The van der Waals surface area contributed by atoms with Gasteiger partial charge >= 0.3 is 11.9 Å². The Labute approximate surface area is 91.6 Å². The predicted octanol–water partition coefficient (Wildman–Crippen LogP) is 2.00. The molecule has 0 heterocycles. The Morgan fingerprint density at radius 1 is 1.41 bits per heavy atom. The molecule has 1 aromatic carbocycles. The van der Waals surface area contributed by atoms with Crippen LogP contribution >= 0.6 is 0 Å². The Balaban J connectivity index is 3.39. The summed E-state index contributed by atoms with van der Waals surface area (Å²) in [6.07, 6.45) is -4.90. The SMILES string of the molecule is N[C@@H](c1ccc(F)c([N+](=O)[O-])c1O)C(F)(F)F. The zero-order valence-corrected chi connectivity index (χ0v) is 8.03. The van der Waals surface area contributed by atoms with E-state index in [1.807, 2.05) is 0 Å². The third-order valence-corrected chi connectivity index (χ3v) is 2.00. The quantitative estimate of drug-likeness (QED) is 0.480. The molecule has 94 valence electrons. The van der Waals surface area contributed by atoms with Crippen molar-refractivity contribution in [1.82, 2.24) is 0 Å². The number of benzene rings is 1. The fraction of sp³-hybridized carbons (Fsp3) is 0.250. The molecule has 0 bridgehead atoms. The molecule has 0 aliphatic heterocycles. The Morgan fingerprint density at radius 3 is 2.35 bits per heavy atom. The van der Waals surface area contributed by atoms with Crippen molar-refractivity contribution < 1.29 is 27.6 Å². The summed E-state index contributed by atoms with van der Waals surface area (Å²) in [6, 6.07) is -1.63. The maximum Gasteiger partial charge on any atom is 0.407 e. The van der Waals surface area contributed by atoms with Crippen molar-refractivity contribution in [3.05, 3.63) is 33.6 Å². The number of nitro benzene ring substituents is 1. The minimum atomic E-state index is -4.90. The van der Waals surface area contributed by atoms with Crippen molar-refractivity contribution in [1.29, 1.82) is 0 Å². The van der Waals surface area contributed by atoms with E-state index in [4.69, 9.17) is 5.73 Å². The second-order valence-electron chi connectivity index (χ2n) is 3.11. The highest BCUT2D eigenvalue weighted by molar-refractivity contribution is 5.53. The van der Waals surface area contributed by atoms with Crippen molar-refractivity contribution in [3.63, 3.8) is 0 Å². The summed E-state index contributed by atoms with van der Waals surface area (Å²) in [7, 11) is 0. The number of rotatable bonds is 2. The van der Waals surface area contributed by atoms with Gasteiger partial charge in [0, 0.05) is 5.56 Å². The third kappa shape index (κ3) is 2.44. The maximum atomic E-state index is 12.9. The summed E-state index contributed by atoms with van der Waals surface area (Å²) in [6.45, 7) is 0. The number of aromatic hydroxyl groups is 1. The normalized spacial score (nSPS) is 13.5. The van der Waals surface area contributed by atoms with Gasteiger partial charge in [-0.05, 0) is 12.1 Å². The van der Waals surface area contributed by atoms with E-state index in [0.717, 1.165) is 0 Å². The van der Waals surface area contributed by atoms with Crippen LogP contribution in [0.4, 0.5) is 23.2 Å². The minimum absolute atomic E-state index is 0.443. The summed E-state index contributed by atoms with van der Waals surface area (Å²) in [5.74, 6) is -2.86. The molecule has 0 saturated carbocycles. The van der Waals surface area contributed by atoms with Crippen LogP contribution in [0.3, 0.4) is 0 Å². The van der Waals surface area contributed by atoms with E-state index in [-0.39, 0.29) is 0 Å². The lowest BCUT2D eigenvalue weighted by atomic mass is 10.0. The molecule has 0 fully saturated rings. The van der Waals surface area contributed by atoms with Crippen LogP contribution in [0.1, 0.15) is 11.6 Å². The van der Waals surface area contributed by atoms with Crippen LogP contribution in [0.2, 0.25) is 0 Å². The first-order valence-corrected chi connectivity index (χ1v) is 4.14. The number of hydrogen-bond donors (Lipinski definition) is 2. The van der Waals surface area contributed by atoms with Crippen LogP contribution in [0.15, 0.2) is 12.1 Å². The van der Waals surface area contributed by atoms with E-state index in [9.17, 15) is 32.8 Å². The number of nitrogens with two attached hydrogens (primary N) is 1. The van der Waals surface area contributed by atoms with Crippen LogP contribution in [0.25, 0.3) is 0 Å². The number of hydrogen-bond acceptors (Lipinski definition) is 4. The van der Waals surface area contributed by atoms with Gasteiger partial charge in [-0.15, -0.1) is 0 Å². The number of alkyl halides is 3. The first kappa shape index (κ1) is 13.2. The maximum absolute atomic E-state index is 12.9. The van der Waals surface area contributed by atoms with Gasteiger partial charge in [0.2, 0.25) is 11.6 Å². The molecule has 0 radical (unpaired) electrons. The summed E-state index contributed by atoms with van der Waals surface area (Å²) in [4.78, 5) is 9.03. The van der Waals surface area contributed by atoms with Gasteiger partial charge in [0.1, 0.15) is 6.04 Å². The van der Waals surface area contributed by atoms with Crippen molar-refractivity contribution in [3.8, 4) is 5.75 Å². The second-order valence-corrected chi connectivity index (χ2v) is 3.11. The molecule has 0 aliphatic rings. The predicted molar refractivity (Wildman–Crippen MR) is 47.7 cm³/mol. The molecule has 1 aromatic rings. The van der Waals surface area contributed by atoms with Crippen LogP contribution in [0, 0.1) is 15.9 Å². The standard InChI is InChI=1S/C8H6F4N2O3/c9-4-2-1-3(7(13)8(10,11)12)6(15)5(4)14(16)17/h1-2,7,15H,13H2/t7-/m0/s1. The average Bonchev–Trinajstić information content (AvgIpc) is 2.15. The Kier molecular flexibility index (Phi) is 3.23. The van der Waals surface area contributed by atoms with Gasteiger partial charge in [0.25, 0.3) is 0 Å². The number of nitro groups is 1. The van der Waals surface area contributed by atoms with Crippen molar-refractivity contribution in [2.24, 2.45) is 5.73 Å². The van der Waals surface area contributed by atoms with Crippen LogP contribution in [-0.2, 0) is 0 Å². The van der Waals surface area contributed by atoms with Gasteiger partial charge in [-0.3, -0.25) is 10.1 Å². The van der Waals surface area contributed by atoms with Crippen molar-refractivity contribution in [2.75, 3.05) is 0 Å². The summed E-state index contributed by atoms with van der Waals surface area (Å²) in [5.41, 5.74) is 2.38. The van der Waals surface area contributed by atoms with Crippen LogP contribution in [-0.4, -0.2) is 16.2 Å². The molecule has 0 spiro atoms. The highest BCUT2D eigenvalue weighted by atomic mass is 19.4. The van der Waals surface area contributed by atoms with E-state index in [1.165, 1.54) is 0 Å². The monoisotopic (exact) mass is 254 g/mol. The molecular weight excluding hydrogens is 248 g/mol. The van der Waals surface area contributed by atoms with Crippen molar-refractivity contribution >= 4 is 5.69 Å². The molecule has 1 rings (SSSR count). The fourth-order valence-electron chi connectivity index (χ4n) is 1.17. The number of phenols is 1. The number of halogens is 4. The zero-order chi connectivity index (χ0) is 13.4. The third-order valence-electron chi connectivity index (χ3n) is 2.00. The van der Waals surface area contributed by atoms with E-state index < -0.39 is 40.0 Å². The lowest BCUT2D eigenvalue weighted by molar-refractivity contribution is -0.388. The minimum Gasteiger partial charge on any atom is -0.502 e. The molecule has 3 N–H and O–H groups in total. The smallest absolute Gasteiger partial charge is 0.407 e. The molecule has 0 unspecified atom stereocenters. The molecule has 1 atom stereocenters. The number of phenolic OH excluding ortho intramolecular Hbond substituents is 1. The highest BCUT2D eigenvalue weighted by Gasteiger charge is 2.41. The van der Waals surface area contributed by atoms with E-state index in [1.54, 1.807) is 0 Å². The van der Waals surface area contributed by atoms with Crippen LogP contribution < -0.4 is 5.73 Å². The van der Waals surface area contributed by atoms with E-state index in [0.29, 0.717) is 12.1 Å². The van der Waals surface area contributed by atoms with Gasteiger partial charge in [-0.2, -0.15) is 17.6 Å². The van der Waals surface area contributed by atoms with Crippen molar-refractivity contribution in [2.45, 2.75) is 12.2 Å². The Hall–Kier alpha value is -1.90. The molecule has 0 saturated heterocycles. The lowest BCUT2D eigenvalue weighted by Gasteiger charge is -2.16. The van der Waals surface area contributed by atoms with Gasteiger partial charge in [-0.1, -0.05) is 0 Å². The van der Waals surface area contributed by atoms with Gasteiger partial charge in [-0.25, -0.2) is 0 Å². The summed E-state index contributed by atoms with van der Waals surface area (Å²) < 4.78 is 49.7. The summed E-state index contributed by atoms with van der Waals surface area (Å²) in [5, 5.41) is 19.6. The molecule has 5 nitrogen and oxygen atoms in total. The first-order valence-electron chi connectivity index (χ1n) is 4.14. The first-order chi connectivity index (χ1) is 7.66. The van der Waals surface area contributed by atoms with E-state index in [2.05, 4.69) is 0 Å². The number of nitrogens with zero attached hydrogens (tertiary/aromatic N) is 1. The molecular formula is C8H6F4N2O3. The average molecular weight is 254 g/mol. The van der Waals surface area contributed by atoms with Gasteiger partial charge in [0.15, 0.2) is 0 Å². The molecule has 9 heteroatoms. The highest BCUT2D eigenvalue weighted by Crippen LogP contribution is 2.40. The van der Waals surface area contributed by atoms with Gasteiger partial charge in [0.05, 0.1) is 4.92 Å². The largest absolute Gasteiger partial charge is 0.502 e. The van der Waals surface area contributed by atoms with Gasteiger partial charge < -0.3 is 10.8 Å². The molecule has 0 amide bonds. The second kappa shape index (κ2) is 4.17. The molecule has 0 aromatic heterocycles. The Bertz CT molecular complexity index is 461. The fourth-order valence-corrected chi connectivity index (χ4v) is 1.17. The molecule has 17 heavy (non-hydrogen) atoms. The topological polar surface area (TPSA) is 89.4 Å². The van der Waals surface area contributed by atoms with E-state index >= 15 is 0 Å². The Morgan fingerprint density at radius 2 is 1.94 bits per heavy atom. The van der Waals surface area contributed by atoms with Crippen LogP contribution in [0.5, 0.6) is 5.75 Å². The molecule has 0 aliphatic carbocycles.